The Morgan fingerprint density at radius 2 is 1.94 bits per heavy atom. The minimum atomic E-state index is -2.99. The van der Waals surface area contributed by atoms with Crippen LogP contribution in [0.15, 0.2) is 0 Å². The van der Waals surface area contributed by atoms with Crippen molar-refractivity contribution in [1.82, 2.24) is 4.90 Å². The molecular weight excluding hydrogens is 285 g/mol. The smallest absolute Gasteiger partial charge is 0.231 e. The van der Waals surface area contributed by atoms with Crippen LogP contribution in [0.5, 0.6) is 0 Å². The first-order valence-corrected chi connectivity index (χ1v) is 8.02. The van der Waals surface area contributed by atoms with E-state index in [-0.39, 0.29) is 23.5 Å². The molecule has 2 rings (SSSR count). The molecule has 0 bridgehead atoms. The summed E-state index contributed by atoms with van der Waals surface area (Å²) in [7, 11) is -1.36. The summed E-state index contributed by atoms with van der Waals surface area (Å²) < 4.78 is 21.7. The van der Waals surface area contributed by atoms with Gasteiger partial charge in [-0.1, -0.05) is 0 Å². The van der Waals surface area contributed by atoms with Crippen molar-refractivity contribution in [3.8, 4) is 0 Å². The Balaban J connectivity index is 2.08. The van der Waals surface area contributed by atoms with E-state index in [4.69, 9.17) is 23.2 Å². The Kier molecular flexibility index (Phi) is 2.96. The summed E-state index contributed by atoms with van der Waals surface area (Å²) in [6, 6.07) is -0.242. The first kappa shape index (κ1) is 13.4. The van der Waals surface area contributed by atoms with Crippen molar-refractivity contribution in [2.24, 2.45) is 5.41 Å². The van der Waals surface area contributed by atoms with Crippen LogP contribution < -0.4 is 0 Å². The number of hydrogen-bond donors (Lipinski definition) is 0. The van der Waals surface area contributed by atoms with Crippen molar-refractivity contribution in [2.45, 2.75) is 30.1 Å². The van der Waals surface area contributed by atoms with E-state index >= 15 is 0 Å². The molecule has 1 saturated heterocycles. The Labute approximate surface area is 111 Å². The number of sulfone groups is 1. The summed E-state index contributed by atoms with van der Waals surface area (Å²) in [5, 5.41) is 0. The van der Waals surface area contributed by atoms with Gasteiger partial charge in [-0.25, -0.2) is 8.42 Å². The van der Waals surface area contributed by atoms with Crippen molar-refractivity contribution < 1.29 is 13.2 Å². The molecule has 1 aliphatic heterocycles. The zero-order valence-corrected chi connectivity index (χ0v) is 12.1. The van der Waals surface area contributed by atoms with Crippen molar-refractivity contribution in [1.29, 1.82) is 0 Å². The monoisotopic (exact) mass is 299 g/mol. The van der Waals surface area contributed by atoms with Crippen LogP contribution in [0.25, 0.3) is 0 Å². The molecule has 2 unspecified atom stereocenters. The summed E-state index contributed by atoms with van der Waals surface area (Å²) in [4.78, 5) is 13.7. The van der Waals surface area contributed by atoms with Crippen LogP contribution in [0, 0.1) is 5.41 Å². The van der Waals surface area contributed by atoms with Crippen molar-refractivity contribution in [3.63, 3.8) is 0 Å². The molecule has 2 fully saturated rings. The van der Waals surface area contributed by atoms with Gasteiger partial charge in [0, 0.05) is 13.1 Å². The second-order valence-corrected chi connectivity index (χ2v) is 8.90. The van der Waals surface area contributed by atoms with Gasteiger partial charge in [0.2, 0.25) is 5.91 Å². The molecule has 0 aromatic rings. The first-order valence-electron chi connectivity index (χ1n) is 5.45. The third-order valence-electron chi connectivity index (χ3n) is 3.81. The van der Waals surface area contributed by atoms with Gasteiger partial charge in [-0.2, -0.15) is 0 Å². The van der Waals surface area contributed by atoms with Gasteiger partial charge in [-0.15, -0.1) is 23.2 Å². The highest BCUT2D eigenvalue weighted by molar-refractivity contribution is 7.91. The summed E-state index contributed by atoms with van der Waals surface area (Å²) in [5.74, 6) is 0.0338. The van der Waals surface area contributed by atoms with Gasteiger partial charge in [0.15, 0.2) is 9.84 Å². The Morgan fingerprint density at radius 3 is 2.29 bits per heavy atom. The summed E-state index contributed by atoms with van der Waals surface area (Å²) in [6.07, 6.45) is 0.921. The SMILES string of the molecule is CN(C(=O)C1(C)CC1(Cl)Cl)C1CCS(=O)(=O)C1. The lowest BCUT2D eigenvalue weighted by molar-refractivity contribution is -0.136. The number of amides is 1. The van der Waals surface area contributed by atoms with Crippen LogP contribution in [0.4, 0.5) is 0 Å². The molecular formula is C10H15Cl2NO3S. The maximum atomic E-state index is 12.2. The Bertz CT molecular complexity index is 462. The number of nitrogens with zero attached hydrogens (tertiary/aromatic N) is 1. The largest absolute Gasteiger partial charge is 0.341 e. The fourth-order valence-corrected chi connectivity index (χ4v) is 4.74. The van der Waals surface area contributed by atoms with Gasteiger partial charge in [0.05, 0.1) is 16.9 Å². The molecule has 0 radical (unpaired) electrons. The second kappa shape index (κ2) is 3.75. The van der Waals surface area contributed by atoms with Crippen LogP contribution in [0.3, 0.4) is 0 Å². The molecule has 2 atom stereocenters. The standard InChI is InChI=1S/C10H15Cl2NO3S/c1-9(6-10(9,11)12)8(14)13(2)7-3-4-17(15,16)5-7/h7H,3-6H2,1-2H3. The van der Waals surface area contributed by atoms with E-state index in [0.717, 1.165) is 0 Å². The van der Waals surface area contributed by atoms with E-state index in [0.29, 0.717) is 12.8 Å². The van der Waals surface area contributed by atoms with Gasteiger partial charge in [0.1, 0.15) is 4.33 Å². The van der Waals surface area contributed by atoms with Gasteiger partial charge in [-0.05, 0) is 19.8 Å². The zero-order valence-electron chi connectivity index (χ0n) is 9.74. The zero-order chi connectivity index (χ0) is 13.1. The van der Waals surface area contributed by atoms with Crippen molar-refractivity contribution in [3.05, 3.63) is 0 Å². The molecule has 0 aromatic carbocycles. The van der Waals surface area contributed by atoms with Crippen molar-refractivity contribution >= 4 is 38.9 Å². The van der Waals surface area contributed by atoms with Crippen LogP contribution in [0.2, 0.25) is 0 Å². The van der Waals surface area contributed by atoms with E-state index in [1.165, 1.54) is 4.90 Å². The minimum Gasteiger partial charge on any atom is -0.341 e. The van der Waals surface area contributed by atoms with Crippen LogP contribution in [-0.2, 0) is 14.6 Å². The molecule has 1 aliphatic carbocycles. The fraction of sp³-hybridized carbons (Fsp3) is 0.900. The van der Waals surface area contributed by atoms with Gasteiger partial charge in [0.25, 0.3) is 0 Å². The third-order valence-corrected chi connectivity index (χ3v) is 6.66. The normalized spacial score (nSPS) is 37.8. The van der Waals surface area contributed by atoms with Gasteiger partial charge >= 0.3 is 0 Å². The summed E-state index contributed by atoms with van der Waals surface area (Å²) >= 11 is 11.9. The maximum absolute atomic E-state index is 12.2. The quantitative estimate of drug-likeness (QED) is 0.720. The number of carbonyl (C=O) groups is 1. The first-order chi connectivity index (χ1) is 7.59. The highest BCUT2D eigenvalue weighted by Gasteiger charge is 2.68. The topological polar surface area (TPSA) is 54.5 Å². The van der Waals surface area contributed by atoms with Crippen LogP contribution in [0.1, 0.15) is 19.8 Å². The lowest BCUT2D eigenvalue weighted by atomic mass is 10.1. The Hall–Kier alpha value is -0.000000000000000111. The maximum Gasteiger partial charge on any atom is 0.231 e. The molecule has 1 amide bonds. The fourth-order valence-electron chi connectivity index (χ4n) is 2.27. The van der Waals surface area contributed by atoms with Gasteiger partial charge < -0.3 is 4.90 Å². The number of halogens is 2. The lowest BCUT2D eigenvalue weighted by Gasteiger charge is -2.27. The highest BCUT2D eigenvalue weighted by Crippen LogP contribution is 2.64. The van der Waals surface area contributed by atoms with E-state index in [1.807, 2.05) is 0 Å². The molecule has 1 saturated carbocycles. The molecule has 7 heteroatoms. The lowest BCUT2D eigenvalue weighted by Crippen LogP contribution is -2.42. The molecule has 1 heterocycles. The molecule has 4 nitrogen and oxygen atoms in total. The predicted octanol–water partition coefficient (Wildman–Crippen LogP) is 1.22. The van der Waals surface area contributed by atoms with Gasteiger partial charge in [-0.3, -0.25) is 4.79 Å². The Morgan fingerprint density at radius 1 is 1.41 bits per heavy atom. The molecule has 0 spiro atoms. The van der Waals surface area contributed by atoms with E-state index < -0.39 is 19.6 Å². The molecule has 0 N–H and O–H groups in total. The average molecular weight is 300 g/mol. The number of carbonyl (C=O) groups excluding carboxylic acids is 1. The van der Waals surface area contributed by atoms with Crippen molar-refractivity contribution in [2.75, 3.05) is 18.6 Å². The molecule has 17 heavy (non-hydrogen) atoms. The van der Waals surface area contributed by atoms with E-state index in [2.05, 4.69) is 0 Å². The molecule has 98 valence electrons. The molecule has 2 aliphatic rings. The summed E-state index contributed by atoms with van der Waals surface area (Å²) in [5.41, 5.74) is -0.767. The number of rotatable bonds is 2. The summed E-state index contributed by atoms with van der Waals surface area (Å²) in [6.45, 7) is 1.72. The third kappa shape index (κ3) is 2.17. The second-order valence-electron chi connectivity index (χ2n) is 5.19. The highest BCUT2D eigenvalue weighted by atomic mass is 35.5. The number of hydrogen-bond acceptors (Lipinski definition) is 3. The van der Waals surface area contributed by atoms with Crippen LogP contribution >= 0.6 is 23.2 Å². The molecule has 0 aromatic heterocycles. The minimum absolute atomic E-state index is 0.0445. The van der Waals surface area contributed by atoms with E-state index in [9.17, 15) is 13.2 Å². The number of alkyl halides is 2. The van der Waals surface area contributed by atoms with Crippen LogP contribution in [-0.4, -0.2) is 48.2 Å². The average Bonchev–Trinajstić information content (AvgIpc) is 2.55. The predicted molar refractivity (Wildman–Crippen MR) is 67.0 cm³/mol. The van der Waals surface area contributed by atoms with E-state index in [1.54, 1.807) is 14.0 Å².